The minimum atomic E-state index is -0.665. The van der Waals surface area contributed by atoms with Crippen LogP contribution < -0.4 is 16.2 Å². The first-order chi connectivity index (χ1) is 12.7. The van der Waals surface area contributed by atoms with Gasteiger partial charge in [-0.25, -0.2) is 4.98 Å². The highest BCUT2D eigenvalue weighted by Crippen LogP contribution is 2.38. The number of hydrogen-bond donors (Lipinski definition) is 2. The predicted octanol–water partition coefficient (Wildman–Crippen LogP) is 4.69. The Balaban J connectivity index is 1.78. The van der Waals surface area contributed by atoms with E-state index in [1.807, 2.05) is 60.0 Å². The van der Waals surface area contributed by atoms with Crippen molar-refractivity contribution in [3.63, 3.8) is 0 Å². The SMILES string of the molecule is Nc1c(-c2ccoc2)cc(-c2cccs2)nc1OC(N)c1ccccc1. The van der Waals surface area contributed by atoms with Crippen LogP contribution in [0.2, 0.25) is 0 Å². The molecule has 0 fully saturated rings. The lowest BCUT2D eigenvalue weighted by atomic mass is 10.1. The van der Waals surface area contributed by atoms with Crippen LogP contribution in [-0.2, 0) is 0 Å². The Labute approximate surface area is 154 Å². The third-order valence-corrected chi connectivity index (χ3v) is 4.89. The number of aromatic nitrogens is 1. The Kier molecular flexibility index (Phi) is 4.43. The van der Waals surface area contributed by atoms with E-state index >= 15 is 0 Å². The van der Waals surface area contributed by atoms with Crippen LogP contribution in [0.15, 0.2) is 76.9 Å². The standard InChI is InChI=1S/C20H17N3O2S/c21-18-15(14-8-9-24-12-14)11-16(17-7-4-10-26-17)23-20(18)25-19(22)13-5-2-1-3-6-13/h1-12,19H,21-22H2. The van der Waals surface area contributed by atoms with Gasteiger partial charge in [-0.1, -0.05) is 36.4 Å². The summed E-state index contributed by atoms with van der Waals surface area (Å²) in [7, 11) is 0. The predicted molar refractivity (Wildman–Crippen MR) is 104 cm³/mol. The van der Waals surface area contributed by atoms with Crippen LogP contribution in [0, 0.1) is 0 Å². The second-order valence-corrected chi connectivity index (χ2v) is 6.66. The van der Waals surface area contributed by atoms with Crippen LogP contribution in [0.4, 0.5) is 5.69 Å². The quantitative estimate of drug-likeness (QED) is 0.502. The summed E-state index contributed by atoms with van der Waals surface area (Å²) in [4.78, 5) is 5.62. The van der Waals surface area contributed by atoms with Crippen LogP contribution >= 0.6 is 11.3 Å². The fourth-order valence-corrected chi connectivity index (χ4v) is 3.35. The first-order valence-electron chi connectivity index (χ1n) is 8.06. The number of nitrogen functional groups attached to an aromatic ring is 1. The molecule has 4 N–H and O–H groups in total. The highest BCUT2D eigenvalue weighted by molar-refractivity contribution is 7.13. The number of pyridine rings is 1. The van der Waals surface area contributed by atoms with Crippen LogP contribution in [0.25, 0.3) is 21.7 Å². The van der Waals surface area contributed by atoms with Gasteiger partial charge in [0.25, 0.3) is 0 Å². The van der Waals surface area contributed by atoms with Gasteiger partial charge in [-0.05, 0) is 23.6 Å². The van der Waals surface area contributed by atoms with E-state index in [9.17, 15) is 0 Å². The van der Waals surface area contributed by atoms with Crippen LogP contribution in [0.3, 0.4) is 0 Å². The van der Waals surface area contributed by atoms with Gasteiger partial charge >= 0.3 is 0 Å². The fraction of sp³-hybridized carbons (Fsp3) is 0.0500. The summed E-state index contributed by atoms with van der Waals surface area (Å²) in [6.07, 6.45) is 2.59. The maximum Gasteiger partial charge on any atom is 0.240 e. The van der Waals surface area contributed by atoms with Gasteiger partial charge in [-0.2, -0.15) is 0 Å². The molecule has 4 rings (SSSR count). The highest BCUT2D eigenvalue weighted by Gasteiger charge is 2.18. The van der Waals surface area contributed by atoms with Crippen LogP contribution in [0.1, 0.15) is 11.8 Å². The normalized spacial score (nSPS) is 12.0. The number of ether oxygens (including phenoxy) is 1. The number of thiophene rings is 1. The van der Waals surface area contributed by atoms with Gasteiger partial charge in [0.15, 0.2) is 6.23 Å². The van der Waals surface area contributed by atoms with Crippen molar-refractivity contribution >= 4 is 17.0 Å². The molecule has 130 valence electrons. The van der Waals surface area contributed by atoms with Crippen molar-refractivity contribution in [1.29, 1.82) is 0 Å². The molecule has 0 saturated heterocycles. The Bertz CT molecular complexity index is 984. The topological polar surface area (TPSA) is 87.3 Å². The second-order valence-electron chi connectivity index (χ2n) is 5.71. The Hall–Kier alpha value is -3.09. The van der Waals surface area contributed by atoms with Crippen molar-refractivity contribution in [3.05, 3.63) is 78.1 Å². The Morgan fingerprint density at radius 2 is 1.92 bits per heavy atom. The first-order valence-corrected chi connectivity index (χ1v) is 8.94. The van der Waals surface area contributed by atoms with E-state index in [0.717, 1.165) is 27.3 Å². The molecule has 0 amide bonds. The summed E-state index contributed by atoms with van der Waals surface area (Å²) >= 11 is 1.60. The maximum atomic E-state index is 6.34. The lowest BCUT2D eigenvalue weighted by Crippen LogP contribution is -2.19. The zero-order valence-corrected chi connectivity index (χ0v) is 14.6. The van der Waals surface area contributed by atoms with Crippen molar-refractivity contribution < 1.29 is 9.15 Å². The summed E-state index contributed by atoms with van der Waals surface area (Å²) in [5, 5.41) is 2.00. The van der Waals surface area contributed by atoms with E-state index in [2.05, 4.69) is 4.98 Å². The van der Waals surface area contributed by atoms with Gasteiger partial charge in [-0.15, -0.1) is 11.3 Å². The monoisotopic (exact) mass is 363 g/mol. The van der Waals surface area contributed by atoms with E-state index < -0.39 is 6.23 Å². The minimum Gasteiger partial charge on any atom is -0.472 e. The van der Waals surface area contributed by atoms with E-state index in [1.54, 1.807) is 23.9 Å². The maximum absolute atomic E-state index is 6.34. The summed E-state index contributed by atoms with van der Waals surface area (Å²) in [6.45, 7) is 0. The number of nitrogens with zero attached hydrogens (tertiary/aromatic N) is 1. The fourth-order valence-electron chi connectivity index (χ4n) is 2.66. The number of nitrogens with two attached hydrogens (primary N) is 2. The van der Waals surface area contributed by atoms with E-state index in [0.29, 0.717) is 11.6 Å². The molecule has 0 spiro atoms. The van der Waals surface area contributed by atoms with Crippen molar-refractivity contribution in [3.8, 4) is 27.6 Å². The lowest BCUT2D eigenvalue weighted by Gasteiger charge is -2.17. The summed E-state index contributed by atoms with van der Waals surface area (Å²) < 4.78 is 11.1. The number of rotatable bonds is 5. The molecule has 0 bridgehead atoms. The minimum absolute atomic E-state index is 0.309. The highest BCUT2D eigenvalue weighted by atomic mass is 32.1. The summed E-state index contributed by atoms with van der Waals surface area (Å²) in [5.74, 6) is 0.309. The number of furan rings is 1. The number of anilines is 1. The summed E-state index contributed by atoms with van der Waals surface area (Å²) in [5.41, 5.74) is 16.3. The van der Waals surface area contributed by atoms with Crippen LogP contribution in [-0.4, -0.2) is 4.98 Å². The molecular weight excluding hydrogens is 346 g/mol. The van der Waals surface area contributed by atoms with E-state index in [-0.39, 0.29) is 0 Å². The van der Waals surface area contributed by atoms with Crippen molar-refractivity contribution in [1.82, 2.24) is 4.98 Å². The molecule has 1 aromatic carbocycles. The lowest BCUT2D eigenvalue weighted by molar-refractivity contribution is 0.207. The average molecular weight is 363 g/mol. The van der Waals surface area contributed by atoms with Gasteiger partial charge in [-0.3, -0.25) is 5.73 Å². The third kappa shape index (κ3) is 3.20. The van der Waals surface area contributed by atoms with E-state index in [1.165, 1.54) is 0 Å². The van der Waals surface area contributed by atoms with Gasteiger partial charge in [0.05, 0.1) is 23.1 Å². The molecule has 4 aromatic rings. The smallest absolute Gasteiger partial charge is 0.240 e. The Morgan fingerprint density at radius 1 is 1.08 bits per heavy atom. The molecule has 0 aliphatic heterocycles. The number of benzene rings is 1. The average Bonchev–Trinajstić information content (AvgIpc) is 3.38. The second kappa shape index (κ2) is 7.03. The van der Waals surface area contributed by atoms with Gasteiger partial charge in [0.2, 0.25) is 5.88 Å². The molecule has 0 radical (unpaired) electrons. The first kappa shape index (κ1) is 16.4. The molecule has 26 heavy (non-hydrogen) atoms. The zero-order chi connectivity index (χ0) is 17.9. The molecule has 0 aliphatic carbocycles. The molecule has 0 aliphatic rings. The molecule has 0 saturated carbocycles. The number of hydrogen-bond acceptors (Lipinski definition) is 6. The molecule has 6 heteroatoms. The van der Waals surface area contributed by atoms with Gasteiger partial charge in [0, 0.05) is 16.7 Å². The third-order valence-electron chi connectivity index (χ3n) is 4.00. The zero-order valence-electron chi connectivity index (χ0n) is 13.8. The molecule has 1 atom stereocenters. The molecular formula is C20H17N3O2S. The van der Waals surface area contributed by atoms with Gasteiger partial charge in [0.1, 0.15) is 5.69 Å². The van der Waals surface area contributed by atoms with Crippen molar-refractivity contribution in [2.45, 2.75) is 6.23 Å². The van der Waals surface area contributed by atoms with E-state index in [4.69, 9.17) is 20.6 Å². The van der Waals surface area contributed by atoms with Crippen LogP contribution in [0.5, 0.6) is 5.88 Å². The molecule has 3 heterocycles. The Morgan fingerprint density at radius 3 is 2.62 bits per heavy atom. The van der Waals surface area contributed by atoms with Gasteiger partial charge < -0.3 is 14.9 Å². The van der Waals surface area contributed by atoms with Crippen molar-refractivity contribution in [2.24, 2.45) is 5.73 Å². The largest absolute Gasteiger partial charge is 0.472 e. The molecule has 1 unspecified atom stereocenters. The molecule has 5 nitrogen and oxygen atoms in total. The summed E-state index contributed by atoms with van der Waals surface area (Å²) in [6, 6.07) is 17.3. The molecule has 3 aromatic heterocycles. The van der Waals surface area contributed by atoms with Crippen molar-refractivity contribution in [2.75, 3.05) is 5.73 Å².